The maximum atomic E-state index is 12.8. The zero-order chi connectivity index (χ0) is 46.5. The molecule has 370 valence electrons. The zero-order valence-corrected chi connectivity index (χ0v) is 42.3. The Morgan fingerprint density at radius 1 is 0.328 bits per heavy atom. The molecule has 0 N–H and O–H groups in total. The highest BCUT2D eigenvalue weighted by molar-refractivity contribution is 5.71. The lowest BCUT2D eigenvalue weighted by Crippen LogP contribution is -2.30. The van der Waals surface area contributed by atoms with Crippen LogP contribution in [0.25, 0.3) is 0 Å². The third-order valence-electron chi connectivity index (χ3n) is 11.8. The fraction of sp³-hybridized carbons (Fsp3) is 0.776. The molecule has 0 fully saturated rings. The van der Waals surface area contributed by atoms with Gasteiger partial charge in [0.2, 0.25) is 0 Å². The molecule has 0 saturated heterocycles. The van der Waals surface area contributed by atoms with Gasteiger partial charge in [-0.15, -0.1) is 0 Å². The first-order chi connectivity index (χ1) is 31.5. The number of hydrogen-bond donors (Lipinski definition) is 0. The maximum absolute atomic E-state index is 12.8. The molecule has 0 saturated carbocycles. The molecule has 0 aliphatic carbocycles. The van der Waals surface area contributed by atoms with Gasteiger partial charge in [-0.2, -0.15) is 0 Å². The summed E-state index contributed by atoms with van der Waals surface area (Å²) >= 11 is 0. The van der Waals surface area contributed by atoms with Gasteiger partial charge in [-0.1, -0.05) is 229 Å². The SMILES string of the molecule is CC/C=C\C/C=C\C/C=C\CCCCCCC(=O)OCC(COC(=O)CCCCCCCCC/C=C\C/C=C\CCCCC)OC(=O)CCCCCCCCCCCCCCCCC. The normalized spacial score (nSPS) is 12.5. The zero-order valence-electron chi connectivity index (χ0n) is 42.3. The monoisotopic (exact) mass is 895 g/mol. The van der Waals surface area contributed by atoms with Crippen molar-refractivity contribution in [2.45, 2.75) is 277 Å². The average molecular weight is 895 g/mol. The van der Waals surface area contributed by atoms with Crippen LogP contribution in [0.3, 0.4) is 0 Å². The first kappa shape index (κ1) is 61.1. The van der Waals surface area contributed by atoms with Crippen LogP contribution in [0.15, 0.2) is 60.8 Å². The molecule has 6 nitrogen and oxygen atoms in total. The molecule has 0 aromatic heterocycles. The van der Waals surface area contributed by atoms with Crippen molar-refractivity contribution >= 4 is 17.9 Å². The summed E-state index contributed by atoms with van der Waals surface area (Å²) < 4.78 is 16.8. The second-order valence-corrected chi connectivity index (χ2v) is 18.1. The highest BCUT2D eigenvalue weighted by Crippen LogP contribution is 2.16. The summed E-state index contributed by atoms with van der Waals surface area (Å²) in [4.78, 5) is 38.1. The van der Waals surface area contributed by atoms with Gasteiger partial charge in [0.15, 0.2) is 6.10 Å². The number of rotatable bonds is 49. The van der Waals surface area contributed by atoms with E-state index in [9.17, 15) is 14.4 Å². The second kappa shape index (κ2) is 52.7. The van der Waals surface area contributed by atoms with Gasteiger partial charge < -0.3 is 14.2 Å². The second-order valence-electron chi connectivity index (χ2n) is 18.1. The number of hydrogen-bond acceptors (Lipinski definition) is 6. The van der Waals surface area contributed by atoms with Gasteiger partial charge in [-0.25, -0.2) is 0 Å². The molecule has 0 amide bonds. The van der Waals surface area contributed by atoms with Gasteiger partial charge in [-0.05, 0) is 83.5 Å². The maximum Gasteiger partial charge on any atom is 0.306 e. The van der Waals surface area contributed by atoms with Crippen LogP contribution in [0.5, 0.6) is 0 Å². The van der Waals surface area contributed by atoms with E-state index < -0.39 is 6.10 Å². The molecule has 0 spiro atoms. The number of ether oxygens (including phenoxy) is 3. The number of esters is 3. The number of carbonyl (C=O) groups is 3. The van der Waals surface area contributed by atoms with Crippen molar-refractivity contribution in [3.05, 3.63) is 60.8 Å². The van der Waals surface area contributed by atoms with Crippen molar-refractivity contribution in [3.8, 4) is 0 Å². The average Bonchev–Trinajstić information content (AvgIpc) is 3.29. The molecule has 0 rings (SSSR count). The van der Waals surface area contributed by atoms with Crippen LogP contribution in [0.2, 0.25) is 0 Å². The Bertz CT molecular complexity index is 1170. The first-order valence-corrected chi connectivity index (χ1v) is 27.3. The molecule has 0 aromatic carbocycles. The Balaban J connectivity index is 4.40. The highest BCUT2D eigenvalue weighted by Gasteiger charge is 2.19. The fourth-order valence-corrected chi connectivity index (χ4v) is 7.66. The fourth-order valence-electron chi connectivity index (χ4n) is 7.66. The Morgan fingerprint density at radius 3 is 0.984 bits per heavy atom. The summed E-state index contributed by atoms with van der Waals surface area (Å²) in [5, 5.41) is 0. The molecule has 0 aromatic rings. The lowest BCUT2D eigenvalue weighted by Gasteiger charge is -2.18. The van der Waals surface area contributed by atoms with E-state index in [1.165, 1.54) is 128 Å². The van der Waals surface area contributed by atoms with Crippen LogP contribution >= 0.6 is 0 Å². The third kappa shape index (κ3) is 50.1. The van der Waals surface area contributed by atoms with Gasteiger partial charge in [0.05, 0.1) is 0 Å². The Kier molecular flexibility index (Phi) is 50.4. The molecule has 0 heterocycles. The summed E-state index contributed by atoms with van der Waals surface area (Å²) in [6.07, 6.45) is 64.9. The molecule has 6 heteroatoms. The number of carbonyl (C=O) groups excluding carboxylic acids is 3. The van der Waals surface area contributed by atoms with Crippen molar-refractivity contribution in [2.75, 3.05) is 13.2 Å². The summed E-state index contributed by atoms with van der Waals surface area (Å²) in [5.41, 5.74) is 0. The topological polar surface area (TPSA) is 78.9 Å². The van der Waals surface area contributed by atoms with Gasteiger partial charge in [-0.3, -0.25) is 14.4 Å². The van der Waals surface area contributed by atoms with E-state index in [2.05, 4.69) is 81.5 Å². The van der Waals surface area contributed by atoms with Crippen molar-refractivity contribution in [1.29, 1.82) is 0 Å². The lowest BCUT2D eigenvalue weighted by molar-refractivity contribution is -0.167. The van der Waals surface area contributed by atoms with E-state index in [4.69, 9.17) is 14.2 Å². The van der Waals surface area contributed by atoms with Crippen LogP contribution < -0.4 is 0 Å². The standard InChI is InChI=1S/C58H102O6/c1-4-7-10-13-16-19-22-25-28-29-31-33-36-39-42-45-48-51-57(60)63-54-55(53-62-56(59)50-47-44-41-38-35-32-27-24-21-18-15-12-9-6-3)64-58(61)52-49-46-43-40-37-34-30-26-23-20-17-14-11-8-5-2/h9,12,16,18-19,21,25,27-28,32,55H,4-8,10-11,13-15,17,20,22-24,26,29-31,33-54H2,1-3H3/b12-9-,19-16-,21-18-,28-25-,32-27-. The Labute approximate surface area is 396 Å². The van der Waals surface area contributed by atoms with E-state index in [0.717, 1.165) is 103 Å². The van der Waals surface area contributed by atoms with Crippen molar-refractivity contribution < 1.29 is 28.6 Å². The minimum Gasteiger partial charge on any atom is -0.462 e. The van der Waals surface area contributed by atoms with E-state index in [-0.39, 0.29) is 31.1 Å². The van der Waals surface area contributed by atoms with Crippen LogP contribution in [0, 0.1) is 0 Å². The summed E-state index contributed by atoms with van der Waals surface area (Å²) in [5.74, 6) is -0.904. The van der Waals surface area contributed by atoms with Crippen LogP contribution in [-0.4, -0.2) is 37.2 Å². The first-order valence-electron chi connectivity index (χ1n) is 27.3. The molecule has 0 aliphatic heterocycles. The quantitative estimate of drug-likeness (QED) is 0.0262. The Morgan fingerprint density at radius 2 is 0.609 bits per heavy atom. The van der Waals surface area contributed by atoms with Crippen molar-refractivity contribution in [1.82, 2.24) is 0 Å². The predicted octanol–water partition coefficient (Wildman–Crippen LogP) is 18.0. The summed E-state index contributed by atoms with van der Waals surface area (Å²) in [6, 6.07) is 0. The minimum absolute atomic E-state index is 0.0837. The van der Waals surface area contributed by atoms with Crippen molar-refractivity contribution in [2.24, 2.45) is 0 Å². The van der Waals surface area contributed by atoms with Gasteiger partial charge in [0, 0.05) is 19.3 Å². The molecule has 1 atom stereocenters. The van der Waals surface area contributed by atoms with E-state index in [1.54, 1.807) is 0 Å². The van der Waals surface area contributed by atoms with E-state index in [1.807, 2.05) is 0 Å². The van der Waals surface area contributed by atoms with Gasteiger partial charge >= 0.3 is 17.9 Å². The number of allylic oxidation sites excluding steroid dienone is 10. The largest absolute Gasteiger partial charge is 0.462 e. The van der Waals surface area contributed by atoms with E-state index >= 15 is 0 Å². The number of unbranched alkanes of at least 4 members (excludes halogenated alkanes) is 28. The summed E-state index contributed by atoms with van der Waals surface area (Å²) in [6.45, 7) is 6.50. The van der Waals surface area contributed by atoms with Crippen LogP contribution in [0.4, 0.5) is 0 Å². The molecular formula is C58H102O6. The third-order valence-corrected chi connectivity index (χ3v) is 11.8. The molecule has 0 radical (unpaired) electrons. The summed E-state index contributed by atoms with van der Waals surface area (Å²) in [7, 11) is 0. The minimum atomic E-state index is -0.784. The van der Waals surface area contributed by atoms with Crippen LogP contribution in [0.1, 0.15) is 271 Å². The highest BCUT2D eigenvalue weighted by atomic mass is 16.6. The van der Waals surface area contributed by atoms with Crippen molar-refractivity contribution in [3.63, 3.8) is 0 Å². The van der Waals surface area contributed by atoms with Crippen LogP contribution in [-0.2, 0) is 28.6 Å². The Hall–Kier alpha value is -2.89. The van der Waals surface area contributed by atoms with Gasteiger partial charge in [0.25, 0.3) is 0 Å². The molecular weight excluding hydrogens is 793 g/mol. The predicted molar refractivity (Wildman–Crippen MR) is 275 cm³/mol. The molecule has 1 unspecified atom stereocenters. The lowest BCUT2D eigenvalue weighted by atomic mass is 10.0. The molecule has 0 bridgehead atoms. The molecule has 64 heavy (non-hydrogen) atoms. The van der Waals surface area contributed by atoms with Gasteiger partial charge in [0.1, 0.15) is 13.2 Å². The smallest absolute Gasteiger partial charge is 0.306 e. The molecule has 0 aliphatic rings. The van der Waals surface area contributed by atoms with E-state index in [0.29, 0.717) is 19.3 Å².